The van der Waals surface area contributed by atoms with Crippen LogP contribution in [0.2, 0.25) is 0 Å². The van der Waals surface area contributed by atoms with Crippen molar-refractivity contribution >= 4 is 0 Å². The van der Waals surface area contributed by atoms with Gasteiger partial charge in [-0.25, -0.2) is 8.78 Å². The van der Waals surface area contributed by atoms with Crippen LogP contribution < -0.4 is 5.32 Å². The molecule has 0 amide bonds. The van der Waals surface area contributed by atoms with Crippen LogP contribution in [0.25, 0.3) is 0 Å². The molecule has 1 saturated heterocycles. The van der Waals surface area contributed by atoms with Gasteiger partial charge >= 0.3 is 0 Å². The van der Waals surface area contributed by atoms with Crippen molar-refractivity contribution in [2.45, 2.75) is 32.1 Å². The lowest BCUT2D eigenvalue weighted by Gasteiger charge is -2.22. The average Bonchev–Trinajstić information content (AvgIpc) is 2.13. The fourth-order valence-electron chi connectivity index (χ4n) is 1.67. The third-order valence-corrected chi connectivity index (χ3v) is 2.42. The Morgan fingerprint density at radius 3 is 2.86 bits per heavy atom. The molecule has 0 radical (unpaired) electrons. The van der Waals surface area contributed by atoms with Crippen molar-refractivity contribution < 1.29 is 13.5 Å². The molecule has 0 aromatic carbocycles. The Kier molecular flexibility index (Phi) is 4.75. The minimum atomic E-state index is -2.69. The van der Waals surface area contributed by atoms with Crippen LogP contribution in [0.1, 0.15) is 26.2 Å². The molecule has 1 atom stereocenters. The molecule has 1 rings (SSSR count). The number of ether oxygens (including phenoxy) is 1. The summed E-state index contributed by atoms with van der Waals surface area (Å²) < 4.78 is 29.6. The van der Waals surface area contributed by atoms with E-state index in [0.717, 1.165) is 26.4 Å². The molecule has 1 unspecified atom stereocenters. The maximum atomic E-state index is 12.4. The number of hydrogen-bond acceptors (Lipinski definition) is 2. The van der Waals surface area contributed by atoms with Gasteiger partial charge in [-0.1, -0.05) is 0 Å². The van der Waals surface area contributed by atoms with Crippen LogP contribution >= 0.6 is 0 Å². The van der Waals surface area contributed by atoms with E-state index in [9.17, 15) is 8.78 Å². The Hall–Kier alpha value is -0.220. The van der Waals surface area contributed by atoms with E-state index < -0.39 is 12.5 Å². The number of rotatable bonds is 5. The van der Waals surface area contributed by atoms with Gasteiger partial charge < -0.3 is 10.1 Å². The second kappa shape index (κ2) is 5.61. The molecule has 2 nitrogen and oxygen atoms in total. The molecule has 0 saturated carbocycles. The highest BCUT2D eigenvalue weighted by atomic mass is 19.3. The van der Waals surface area contributed by atoms with Crippen LogP contribution in [0.15, 0.2) is 0 Å². The highest BCUT2D eigenvalue weighted by Crippen LogP contribution is 2.15. The van der Waals surface area contributed by atoms with Gasteiger partial charge in [0.25, 0.3) is 5.92 Å². The van der Waals surface area contributed by atoms with Gasteiger partial charge in [0.1, 0.15) is 6.61 Å². The smallest absolute Gasteiger partial charge is 0.268 e. The zero-order valence-electron chi connectivity index (χ0n) is 8.69. The molecule has 0 bridgehead atoms. The van der Waals surface area contributed by atoms with Gasteiger partial charge in [0, 0.05) is 13.5 Å². The van der Waals surface area contributed by atoms with Crippen LogP contribution in [0, 0.1) is 5.92 Å². The van der Waals surface area contributed by atoms with Crippen molar-refractivity contribution in [1.29, 1.82) is 0 Å². The number of alkyl halides is 2. The lowest BCUT2D eigenvalue weighted by atomic mass is 9.97. The SMILES string of the molecule is CC(F)(F)COCCC1CCCNC1. The summed E-state index contributed by atoms with van der Waals surface area (Å²) in [6, 6.07) is 0. The van der Waals surface area contributed by atoms with E-state index >= 15 is 0 Å². The van der Waals surface area contributed by atoms with Crippen LogP contribution in [-0.4, -0.2) is 32.2 Å². The van der Waals surface area contributed by atoms with Crippen LogP contribution in [-0.2, 0) is 4.74 Å². The number of hydrogen-bond donors (Lipinski definition) is 1. The zero-order valence-corrected chi connectivity index (χ0v) is 8.69. The molecule has 0 aromatic heterocycles. The first kappa shape index (κ1) is 11.9. The van der Waals surface area contributed by atoms with Gasteiger partial charge in [0.15, 0.2) is 0 Å². The Morgan fingerprint density at radius 1 is 1.50 bits per heavy atom. The summed E-state index contributed by atoms with van der Waals surface area (Å²) in [5.41, 5.74) is 0. The first-order valence-corrected chi connectivity index (χ1v) is 5.24. The third-order valence-electron chi connectivity index (χ3n) is 2.42. The van der Waals surface area contributed by atoms with Crippen molar-refractivity contribution in [3.8, 4) is 0 Å². The second-order valence-electron chi connectivity index (χ2n) is 4.12. The molecular formula is C10H19F2NO. The molecule has 0 aliphatic carbocycles. The summed E-state index contributed by atoms with van der Waals surface area (Å²) in [4.78, 5) is 0. The van der Waals surface area contributed by atoms with Crippen molar-refractivity contribution in [1.82, 2.24) is 5.32 Å². The summed E-state index contributed by atoms with van der Waals surface area (Å²) in [5.74, 6) is -2.08. The van der Waals surface area contributed by atoms with Gasteiger partial charge in [0.2, 0.25) is 0 Å². The first-order chi connectivity index (χ1) is 6.58. The molecule has 1 N–H and O–H groups in total. The minimum absolute atomic E-state index is 0.451. The van der Waals surface area contributed by atoms with E-state index in [-0.39, 0.29) is 0 Å². The largest absolute Gasteiger partial charge is 0.375 e. The fourth-order valence-corrected chi connectivity index (χ4v) is 1.67. The van der Waals surface area contributed by atoms with E-state index in [1.54, 1.807) is 0 Å². The van der Waals surface area contributed by atoms with Gasteiger partial charge in [0.05, 0.1) is 0 Å². The van der Waals surface area contributed by atoms with Gasteiger partial charge in [-0.2, -0.15) is 0 Å². The van der Waals surface area contributed by atoms with E-state index in [1.165, 1.54) is 12.8 Å². The fraction of sp³-hybridized carbons (Fsp3) is 1.00. The van der Waals surface area contributed by atoms with Crippen molar-refractivity contribution in [3.63, 3.8) is 0 Å². The minimum Gasteiger partial charge on any atom is -0.375 e. The summed E-state index contributed by atoms with van der Waals surface area (Å²) >= 11 is 0. The maximum absolute atomic E-state index is 12.4. The Balaban J connectivity index is 1.97. The van der Waals surface area contributed by atoms with Gasteiger partial charge in [-0.3, -0.25) is 0 Å². The molecule has 1 heterocycles. The predicted molar refractivity (Wildman–Crippen MR) is 51.7 cm³/mol. The van der Waals surface area contributed by atoms with E-state index in [0.29, 0.717) is 12.5 Å². The molecule has 0 spiro atoms. The maximum Gasteiger partial charge on any atom is 0.268 e. The van der Waals surface area contributed by atoms with E-state index in [4.69, 9.17) is 4.74 Å². The Bertz CT molecular complexity index is 153. The van der Waals surface area contributed by atoms with Crippen LogP contribution in [0.3, 0.4) is 0 Å². The van der Waals surface area contributed by atoms with Crippen molar-refractivity contribution in [3.05, 3.63) is 0 Å². The Morgan fingerprint density at radius 2 is 2.29 bits per heavy atom. The van der Waals surface area contributed by atoms with E-state index in [1.807, 2.05) is 0 Å². The van der Waals surface area contributed by atoms with E-state index in [2.05, 4.69) is 5.32 Å². The van der Waals surface area contributed by atoms with Gasteiger partial charge in [-0.15, -0.1) is 0 Å². The van der Waals surface area contributed by atoms with Crippen LogP contribution in [0.5, 0.6) is 0 Å². The topological polar surface area (TPSA) is 21.3 Å². The zero-order chi connectivity index (χ0) is 10.4. The molecule has 84 valence electrons. The quantitative estimate of drug-likeness (QED) is 0.697. The number of halogens is 2. The lowest BCUT2D eigenvalue weighted by Crippen LogP contribution is -2.30. The standard InChI is InChI=1S/C10H19F2NO/c1-10(11,12)8-14-6-4-9-3-2-5-13-7-9/h9,13H,2-8H2,1H3. The molecule has 4 heteroatoms. The molecule has 0 aromatic rings. The second-order valence-corrected chi connectivity index (χ2v) is 4.12. The first-order valence-electron chi connectivity index (χ1n) is 5.24. The molecular weight excluding hydrogens is 188 g/mol. The molecule has 1 aliphatic heterocycles. The predicted octanol–water partition coefficient (Wildman–Crippen LogP) is 2.05. The average molecular weight is 207 g/mol. The highest BCUT2D eigenvalue weighted by molar-refractivity contribution is 4.68. The normalized spacial score (nSPS) is 23.8. The summed E-state index contributed by atoms with van der Waals surface area (Å²) in [6.07, 6.45) is 3.27. The molecule has 1 fully saturated rings. The van der Waals surface area contributed by atoms with Gasteiger partial charge in [-0.05, 0) is 38.3 Å². The summed E-state index contributed by atoms with van der Waals surface area (Å²) in [6.45, 7) is 2.98. The summed E-state index contributed by atoms with van der Waals surface area (Å²) in [5, 5.41) is 3.29. The highest BCUT2D eigenvalue weighted by Gasteiger charge is 2.21. The van der Waals surface area contributed by atoms with Crippen molar-refractivity contribution in [2.24, 2.45) is 5.92 Å². The third kappa shape index (κ3) is 5.50. The van der Waals surface area contributed by atoms with Crippen LogP contribution in [0.4, 0.5) is 8.78 Å². The Labute approximate surface area is 84.0 Å². The van der Waals surface area contributed by atoms with Crippen molar-refractivity contribution in [2.75, 3.05) is 26.3 Å². The molecule has 1 aliphatic rings. The lowest BCUT2D eigenvalue weighted by molar-refractivity contribution is -0.0646. The summed E-state index contributed by atoms with van der Waals surface area (Å²) in [7, 11) is 0. The monoisotopic (exact) mass is 207 g/mol. The molecule has 14 heavy (non-hydrogen) atoms. The number of piperidine rings is 1. The number of nitrogens with one attached hydrogen (secondary N) is 1.